The zero-order valence-electron chi connectivity index (χ0n) is 16.9. The van der Waals surface area contributed by atoms with E-state index in [1.165, 1.54) is 38.1 Å². The third-order valence-electron chi connectivity index (χ3n) is 4.27. The lowest BCUT2D eigenvalue weighted by Gasteiger charge is -2.21. The molecule has 0 aliphatic carbocycles. The summed E-state index contributed by atoms with van der Waals surface area (Å²) in [4.78, 5) is 24.5. The zero-order valence-corrected chi connectivity index (χ0v) is 17.7. The monoisotopic (exact) mass is 423 g/mol. The van der Waals surface area contributed by atoms with E-state index in [9.17, 15) is 18.0 Å². The molecule has 2 atom stereocenters. The van der Waals surface area contributed by atoms with Crippen molar-refractivity contribution in [2.24, 2.45) is 0 Å². The number of hydrogen-bond acceptors (Lipinski definition) is 5. The predicted octanol–water partition coefficient (Wildman–Crippen LogP) is -0.0932. The van der Waals surface area contributed by atoms with Gasteiger partial charge in [-0.15, -0.1) is 0 Å². The Morgan fingerprint density at radius 2 is 1.79 bits per heavy atom. The molecule has 0 saturated carbocycles. The summed E-state index contributed by atoms with van der Waals surface area (Å²) in [7, 11) is -0.0140. The van der Waals surface area contributed by atoms with Crippen molar-refractivity contribution in [2.75, 3.05) is 26.0 Å². The number of likely N-dealkylation sites (N-methyl/N-ethyl adjacent to an activating group) is 1. The standard InChI is InChI=1S/C19H26N4O5S/c1-13(19(25)20-12-17(23(3)4)18-6-5-11-28-18)22-29(26,27)16-9-7-15(8-10-16)21-14(2)24/h5-11,13,17,22H,12H2,1-4H3,(H,20,25)(H,21,24)/p+1/t13-,17+/m0/s1. The lowest BCUT2D eigenvalue weighted by atomic mass is 10.2. The van der Waals surface area contributed by atoms with Gasteiger partial charge >= 0.3 is 0 Å². The Labute approximate surface area is 170 Å². The molecular formula is C19H27N4O5S+. The summed E-state index contributed by atoms with van der Waals surface area (Å²) in [5.41, 5.74) is 0.484. The van der Waals surface area contributed by atoms with Crippen molar-refractivity contribution in [1.29, 1.82) is 0 Å². The maximum absolute atomic E-state index is 12.5. The van der Waals surface area contributed by atoms with Gasteiger partial charge in [-0.2, -0.15) is 4.72 Å². The van der Waals surface area contributed by atoms with E-state index in [-0.39, 0.29) is 16.8 Å². The van der Waals surface area contributed by atoms with Crippen molar-refractivity contribution in [3.05, 3.63) is 48.4 Å². The van der Waals surface area contributed by atoms with Crippen LogP contribution >= 0.6 is 0 Å². The SMILES string of the molecule is CC(=O)Nc1ccc(S(=O)(=O)N[C@@H](C)C(=O)NC[C@H](c2ccco2)[NH+](C)C)cc1. The van der Waals surface area contributed by atoms with E-state index in [0.717, 1.165) is 10.7 Å². The number of benzene rings is 1. The predicted molar refractivity (Wildman–Crippen MR) is 108 cm³/mol. The van der Waals surface area contributed by atoms with Crippen LogP contribution in [-0.4, -0.2) is 46.9 Å². The molecule has 2 amide bonds. The minimum absolute atomic E-state index is 0.00236. The fourth-order valence-corrected chi connectivity index (χ4v) is 3.91. The van der Waals surface area contributed by atoms with E-state index in [0.29, 0.717) is 12.2 Å². The van der Waals surface area contributed by atoms with Crippen molar-refractivity contribution in [1.82, 2.24) is 10.0 Å². The molecule has 4 N–H and O–H groups in total. The molecule has 0 saturated heterocycles. The number of nitrogens with one attached hydrogen (secondary N) is 4. The van der Waals surface area contributed by atoms with E-state index >= 15 is 0 Å². The van der Waals surface area contributed by atoms with Crippen LogP contribution in [0.4, 0.5) is 5.69 Å². The van der Waals surface area contributed by atoms with Crippen LogP contribution in [0.1, 0.15) is 25.6 Å². The number of hydrogen-bond donors (Lipinski definition) is 4. The molecule has 0 fully saturated rings. The largest absolute Gasteiger partial charge is 0.463 e. The summed E-state index contributed by atoms with van der Waals surface area (Å²) >= 11 is 0. The number of amides is 2. The van der Waals surface area contributed by atoms with Crippen molar-refractivity contribution >= 4 is 27.5 Å². The normalized spacial score (nSPS) is 13.7. The highest BCUT2D eigenvalue weighted by atomic mass is 32.2. The maximum Gasteiger partial charge on any atom is 0.241 e. The van der Waals surface area contributed by atoms with Gasteiger partial charge in [-0.05, 0) is 43.3 Å². The zero-order chi connectivity index (χ0) is 21.6. The van der Waals surface area contributed by atoms with E-state index in [1.807, 2.05) is 20.2 Å². The molecule has 0 radical (unpaired) electrons. The second-order valence-electron chi connectivity index (χ2n) is 6.94. The number of anilines is 1. The number of quaternary nitrogens is 1. The van der Waals surface area contributed by atoms with Crippen LogP contribution in [0.2, 0.25) is 0 Å². The van der Waals surface area contributed by atoms with Crippen molar-refractivity contribution in [3.63, 3.8) is 0 Å². The highest BCUT2D eigenvalue weighted by Gasteiger charge is 2.25. The molecule has 9 nitrogen and oxygen atoms in total. The van der Waals surface area contributed by atoms with E-state index in [4.69, 9.17) is 4.42 Å². The lowest BCUT2D eigenvalue weighted by Crippen LogP contribution is -3.07. The summed E-state index contributed by atoms with van der Waals surface area (Å²) in [6, 6.07) is 8.23. The summed E-state index contributed by atoms with van der Waals surface area (Å²) in [5.74, 6) is 0.0375. The van der Waals surface area contributed by atoms with Crippen LogP contribution in [0, 0.1) is 0 Å². The highest BCUT2D eigenvalue weighted by Crippen LogP contribution is 2.14. The molecule has 2 rings (SSSR count). The quantitative estimate of drug-likeness (QED) is 0.449. The molecule has 10 heteroatoms. The molecule has 0 spiro atoms. The van der Waals surface area contributed by atoms with Gasteiger partial charge in [-0.25, -0.2) is 8.42 Å². The van der Waals surface area contributed by atoms with Crippen LogP contribution in [0.3, 0.4) is 0 Å². The Morgan fingerprint density at radius 3 is 2.31 bits per heavy atom. The van der Waals surface area contributed by atoms with Crippen molar-refractivity contribution in [3.8, 4) is 0 Å². The second-order valence-corrected chi connectivity index (χ2v) is 8.65. The van der Waals surface area contributed by atoms with Crippen molar-refractivity contribution in [2.45, 2.75) is 30.8 Å². The number of rotatable bonds is 9. The average Bonchev–Trinajstić information content (AvgIpc) is 3.15. The Kier molecular flexibility index (Phi) is 7.54. The Morgan fingerprint density at radius 1 is 1.14 bits per heavy atom. The molecule has 0 aliphatic heterocycles. The smallest absolute Gasteiger partial charge is 0.241 e. The van der Waals surface area contributed by atoms with Gasteiger partial charge in [-0.1, -0.05) is 0 Å². The van der Waals surface area contributed by atoms with Gasteiger partial charge in [-0.3, -0.25) is 9.59 Å². The third kappa shape index (κ3) is 6.41. The molecule has 0 unspecified atom stereocenters. The molecule has 29 heavy (non-hydrogen) atoms. The highest BCUT2D eigenvalue weighted by molar-refractivity contribution is 7.89. The van der Waals surface area contributed by atoms with Crippen LogP contribution in [0.15, 0.2) is 52.0 Å². The molecule has 1 aromatic heterocycles. The van der Waals surface area contributed by atoms with Crippen LogP contribution < -0.4 is 20.3 Å². The maximum atomic E-state index is 12.5. The Bertz CT molecular complexity index is 924. The summed E-state index contributed by atoms with van der Waals surface area (Å²) < 4.78 is 32.8. The Balaban J connectivity index is 1.97. The van der Waals surface area contributed by atoms with Crippen LogP contribution in [0.5, 0.6) is 0 Å². The molecule has 0 bridgehead atoms. The van der Waals surface area contributed by atoms with Gasteiger partial charge in [0.1, 0.15) is 0 Å². The van der Waals surface area contributed by atoms with Gasteiger partial charge in [0.25, 0.3) is 0 Å². The van der Waals surface area contributed by atoms with Gasteiger partial charge in [0, 0.05) is 12.6 Å². The van der Waals surface area contributed by atoms with E-state index in [1.54, 1.807) is 12.3 Å². The van der Waals surface area contributed by atoms with Gasteiger partial charge in [0.05, 0.1) is 37.8 Å². The van der Waals surface area contributed by atoms with E-state index < -0.39 is 22.0 Å². The fourth-order valence-electron chi connectivity index (χ4n) is 2.71. The summed E-state index contributed by atoms with van der Waals surface area (Å²) in [6.45, 7) is 3.13. The average molecular weight is 424 g/mol. The first-order valence-electron chi connectivity index (χ1n) is 9.11. The van der Waals surface area contributed by atoms with Gasteiger partial charge in [0.2, 0.25) is 21.8 Å². The molecule has 1 heterocycles. The molecule has 0 aliphatic rings. The third-order valence-corrected chi connectivity index (χ3v) is 5.83. The molecule has 1 aromatic carbocycles. The molecular weight excluding hydrogens is 396 g/mol. The van der Waals surface area contributed by atoms with Crippen molar-refractivity contribution < 1.29 is 27.3 Å². The Hall–Kier alpha value is -2.69. The van der Waals surface area contributed by atoms with Gasteiger partial charge < -0.3 is 20.0 Å². The molecule has 158 valence electrons. The second kappa shape index (κ2) is 9.68. The van der Waals surface area contributed by atoms with E-state index in [2.05, 4.69) is 15.4 Å². The molecule has 2 aromatic rings. The minimum atomic E-state index is -3.90. The number of carbonyl (C=O) groups excluding carboxylic acids is 2. The summed E-state index contributed by atoms with van der Waals surface area (Å²) in [6.07, 6.45) is 1.57. The van der Waals surface area contributed by atoms with Crippen LogP contribution in [0.25, 0.3) is 0 Å². The first-order valence-corrected chi connectivity index (χ1v) is 10.6. The summed E-state index contributed by atoms with van der Waals surface area (Å²) in [5, 5.41) is 5.33. The fraction of sp³-hybridized carbons (Fsp3) is 0.368. The number of sulfonamides is 1. The van der Waals surface area contributed by atoms with Gasteiger partial charge in [0.15, 0.2) is 11.8 Å². The van der Waals surface area contributed by atoms with Crippen LogP contribution in [-0.2, 0) is 19.6 Å². The number of furan rings is 1. The topological polar surface area (TPSA) is 122 Å². The first kappa shape index (κ1) is 22.6. The lowest BCUT2D eigenvalue weighted by molar-refractivity contribution is -0.891. The first-order chi connectivity index (χ1) is 13.6. The number of carbonyl (C=O) groups is 2. The minimum Gasteiger partial charge on any atom is -0.463 e.